The number of hydrogen-bond acceptors (Lipinski definition) is 4. The summed E-state index contributed by atoms with van der Waals surface area (Å²) in [4.78, 5) is 11.3. The molecular weight excluding hydrogens is 224 g/mol. The molecule has 18 heavy (non-hydrogen) atoms. The lowest BCUT2D eigenvalue weighted by Gasteiger charge is -2.29. The third-order valence-corrected chi connectivity index (χ3v) is 2.71. The van der Waals surface area contributed by atoms with Gasteiger partial charge >= 0.3 is 0 Å². The van der Waals surface area contributed by atoms with Gasteiger partial charge in [-0.15, -0.1) is 0 Å². The molecule has 0 unspecified atom stereocenters. The number of nitrogens with one attached hydrogen (secondary N) is 1. The van der Waals surface area contributed by atoms with Crippen molar-refractivity contribution < 1.29 is 0 Å². The second-order valence-corrected chi connectivity index (χ2v) is 5.29. The van der Waals surface area contributed by atoms with Gasteiger partial charge in [-0.1, -0.05) is 20.8 Å². The van der Waals surface area contributed by atoms with Crippen molar-refractivity contribution in [2.45, 2.75) is 47.2 Å². The molecule has 1 rings (SSSR count). The van der Waals surface area contributed by atoms with Gasteiger partial charge in [0.15, 0.2) is 0 Å². The van der Waals surface area contributed by atoms with E-state index in [1.54, 1.807) is 0 Å². The minimum Gasteiger partial charge on any atom is -0.353 e. The molecule has 1 aromatic heterocycles. The molecule has 0 aliphatic heterocycles. The van der Waals surface area contributed by atoms with Crippen molar-refractivity contribution >= 4 is 5.82 Å². The lowest BCUT2D eigenvalue weighted by Crippen LogP contribution is -2.35. The van der Waals surface area contributed by atoms with E-state index in [9.17, 15) is 0 Å². The van der Waals surface area contributed by atoms with Crippen LogP contribution in [-0.4, -0.2) is 29.1 Å². The Hall–Kier alpha value is -1.16. The van der Waals surface area contributed by atoms with Crippen LogP contribution in [0.2, 0.25) is 0 Å². The van der Waals surface area contributed by atoms with Crippen LogP contribution in [0.5, 0.6) is 0 Å². The number of hydrogen-bond donors (Lipinski definition) is 1. The summed E-state index contributed by atoms with van der Waals surface area (Å²) in [5.74, 6) is 1.60. The number of rotatable bonds is 7. The zero-order valence-corrected chi connectivity index (χ0v) is 12.3. The van der Waals surface area contributed by atoms with E-state index < -0.39 is 0 Å². The van der Waals surface area contributed by atoms with Crippen molar-refractivity contribution in [1.82, 2.24) is 15.3 Å². The normalized spacial score (nSPS) is 11.3. The average Bonchev–Trinajstić information content (AvgIpc) is 2.33. The Morgan fingerprint density at radius 2 is 1.94 bits per heavy atom. The Morgan fingerprint density at radius 3 is 2.50 bits per heavy atom. The summed E-state index contributed by atoms with van der Waals surface area (Å²) in [6, 6.07) is 0.441. The van der Waals surface area contributed by atoms with Gasteiger partial charge in [0, 0.05) is 25.3 Å². The first kappa shape index (κ1) is 14.9. The Morgan fingerprint density at radius 1 is 1.22 bits per heavy atom. The molecule has 4 heteroatoms. The molecule has 0 atom stereocenters. The summed E-state index contributed by atoms with van der Waals surface area (Å²) >= 11 is 0. The van der Waals surface area contributed by atoms with Gasteiger partial charge in [0.05, 0.1) is 11.9 Å². The van der Waals surface area contributed by atoms with E-state index >= 15 is 0 Å². The van der Waals surface area contributed by atoms with E-state index in [0.29, 0.717) is 12.0 Å². The van der Waals surface area contributed by atoms with E-state index in [4.69, 9.17) is 0 Å². The lowest BCUT2D eigenvalue weighted by molar-refractivity contribution is 0.563. The quantitative estimate of drug-likeness (QED) is 0.807. The minimum atomic E-state index is 0.441. The van der Waals surface area contributed by atoms with Crippen LogP contribution in [-0.2, 0) is 6.54 Å². The highest BCUT2D eigenvalue weighted by atomic mass is 15.2. The first-order chi connectivity index (χ1) is 8.54. The van der Waals surface area contributed by atoms with Crippen LogP contribution in [0.4, 0.5) is 5.82 Å². The summed E-state index contributed by atoms with van der Waals surface area (Å²) in [7, 11) is 0. The van der Waals surface area contributed by atoms with Crippen molar-refractivity contribution in [2.24, 2.45) is 5.92 Å². The SMILES string of the molecule is CCNCc1cncc(N(CC(C)C)C(C)C)n1. The van der Waals surface area contributed by atoms with Crippen molar-refractivity contribution in [3.8, 4) is 0 Å². The topological polar surface area (TPSA) is 41.1 Å². The maximum Gasteiger partial charge on any atom is 0.147 e. The predicted molar refractivity (Wildman–Crippen MR) is 76.7 cm³/mol. The second kappa shape index (κ2) is 7.31. The van der Waals surface area contributed by atoms with E-state index in [2.05, 4.69) is 54.8 Å². The van der Waals surface area contributed by atoms with E-state index in [0.717, 1.165) is 31.1 Å². The Labute approximate surface area is 111 Å². The molecule has 0 aliphatic rings. The zero-order chi connectivity index (χ0) is 13.5. The molecule has 102 valence electrons. The fraction of sp³-hybridized carbons (Fsp3) is 0.714. The van der Waals surface area contributed by atoms with Crippen molar-refractivity contribution in [3.05, 3.63) is 18.1 Å². The van der Waals surface area contributed by atoms with Gasteiger partial charge in [0.25, 0.3) is 0 Å². The van der Waals surface area contributed by atoms with Crippen molar-refractivity contribution in [1.29, 1.82) is 0 Å². The fourth-order valence-corrected chi connectivity index (χ4v) is 1.83. The van der Waals surface area contributed by atoms with Crippen LogP contribution in [0.25, 0.3) is 0 Å². The van der Waals surface area contributed by atoms with E-state index in [1.165, 1.54) is 0 Å². The van der Waals surface area contributed by atoms with Crippen LogP contribution >= 0.6 is 0 Å². The van der Waals surface area contributed by atoms with Gasteiger partial charge in [-0.2, -0.15) is 0 Å². The smallest absolute Gasteiger partial charge is 0.147 e. The summed E-state index contributed by atoms with van der Waals surface area (Å²) in [5.41, 5.74) is 1.00. The van der Waals surface area contributed by atoms with Crippen LogP contribution in [0, 0.1) is 5.92 Å². The second-order valence-electron chi connectivity index (χ2n) is 5.29. The Balaban J connectivity index is 2.83. The highest BCUT2D eigenvalue weighted by Gasteiger charge is 2.14. The van der Waals surface area contributed by atoms with Gasteiger partial charge in [-0.3, -0.25) is 4.98 Å². The van der Waals surface area contributed by atoms with Crippen molar-refractivity contribution in [3.63, 3.8) is 0 Å². The predicted octanol–water partition coefficient (Wildman–Crippen LogP) is 2.46. The molecule has 1 heterocycles. The highest BCUT2D eigenvalue weighted by molar-refractivity contribution is 5.37. The highest BCUT2D eigenvalue weighted by Crippen LogP contribution is 2.15. The summed E-state index contributed by atoms with van der Waals surface area (Å²) < 4.78 is 0. The first-order valence-electron chi connectivity index (χ1n) is 6.82. The molecule has 0 radical (unpaired) electrons. The lowest BCUT2D eigenvalue weighted by atomic mass is 10.2. The molecule has 0 amide bonds. The molecule has 0 saturated carbocycles. The van der Waals surface area contributed by atoms with Crippen LogP contribution in [0.3, 0.4) is 0 Å². The molecule has 4 nitrogen and oxygen atoms in total. The maximum absolute atomic E-state index is 4.69. The Bertz CT molecular complexity index is 349. The first-order valence-corrected chi connectivity index (χ1v) is 6.82. The van der Waals surface area contributed by atoms with Gasteiger partial charge < -0.3 is 10.2 Å². The third kappa shape index (κ3) is 4.61. The summed E-state index contributed by atoms with van der Waals surface area (Å²) in [5, 5.41) is 3.28. The summed E-state index contributed by atoms with van der Waals surface area (Å²) in [6.07, 6.45) is 3.69. The van der Waals surface area contributed by atoms with Crippen LogP contribution in [0.15, 0.2) is 12.4 Å². The maximum atomic E-state index is 4.69. The average molecular weight is 250 g/mol. The molecule has 0 saturated heterocycles. The molecule has 0 fully saturated rings. The van der Waals surface area contributed by atoms with Crippen molar-refractivity contribution in [2.75, 3.05) is 18.0 Å². The fourth-order valence-electron chi connectivity index (χ4n) is 1.83. The standard InChI is InChI=1S/C14H26N4/c1-6-15-7-13-8-16-9-14(17-13)18(12(4)5)10-11(2)3/h8-9,11-12,15H,6-7,10H2,1-5H3. The monoisotopic (exact) mass is 250 g/mol. The largest absolute Gasteiger partial charge is 0.353 e. The summed E-state index contributed by atoms with van der Waals surface area (Å²) in [6.45, 7) is 13.7. The molecule has 0 aliphatic carbocycles. The molecular formula is C14H26N4. The molecule has 0 aromatic carbocycles. The van der Waals surface area contributed by atoms with Crippen LogP contribution < -0.4 is 10.2 Å². The molecule has 0 bridgehead atoms. The third-order valence-electron chi connectivity index (χ3n) is 2.71. The van der Waals surface area contributed by atoms with E-state index in [1.807, 2.05) is 12.4 Å². The number of aromatic nitrogens is 2. The molecule has 1 N–H and O–H groups in total. The van der Waals surface area contributed by atoms with Gasteiger partial charge in [0.2, 0.25) is 0 Å². The zero-order valence-electron chi connectivity index (χ0n) is 12.3. The Kier molecular flexibility index (Phi) is 6.05. The van der Waals surface area contributed by atoms with Gasteiger partial charge in [0.1, 0.15) is 5.82 Å². The number of nitrogens with zero attached hydrogens (tertiary/aromatic N) is 3. The van der Waals surface area contributed by atoms with Gasteiger partial charge in [-0.05, 0) is 26.3 Å². The number of anilines is 1. The molecule has 0 spiro atoms. The van der Waals surface area contributed by atoms with Gasteiger partial charge in [-0.25, -0.2) is 4.98 Å². The van der Waals surface area contributed by atoms with Crippen LogP contribution in [0.1, 0.15) is 40.3 Å². The van der Waals surface area contributed by atoms with E-state index in [-0.39, 0.29) is 0 Å². The minimum absolute atomic E-state index is 0.441. The molecule has 1 aromatic rings.